The number of para-hydroxylation sites is 1. The summed E-state index contributed by atoms with van der Waals surface area (Å²) in [5.41, 5.74) is 1.14. The minimum absolute atomic E-state index is 0.0509. The van der Waals surface area contributed by atoms with Gasteiger partial charge in [0.25, 0.3) is 5.91 Å². The Hall–Kier alpha value is -2.95. The van der Waals surface area contributed by atoms with Crippen molar-refractivity contribution in [3.63, 3.8) is 0 Å². The van der Waals surface area contributed by atoms with Crippen LogP contribution in [0.4, 0.5) is 5.69 Å². The number of nitrogens with zero attached hydrogens (tertiary/aromatic N) is 2. The van der Waals surface area contributed by atoms with E-state index in [0.717, 1.165) is 29.7 Å². The molecule has 2 aliphatic heterocycles. The highest BCUT2D eigenvalue weighted by atomic mass is 16.7. The van der Waals surface area contributed by atoms with Crippen LogP contribution in [0.3, 0.4) is 0 Å². The summed E-state index contributed by atoms with van der Waals surface area (Å²) in [6, 6.07) is 29.7. The van der Waals surface area contributed by atoms with E-state index >= 15 is 0 Å². The summed E-state index contributed by atoms with van der Waals surface area (Å²) in [5, 5.41) is 2.06. The number of hydrogen-bond acceptors (Lipinski definition) is 3. The first-order chi connectivity index (χ1) is 14.5. The van der Waals surface area contributed by atoms with Crippen LogP contribution >= 0.6 is 0 Å². The van der Waals surface area contributed by atoms with Gasteiger partial charge in [0.1, 0.15) is 6.17 Å². The highest BCUT2D eigenvalue weighted by molar-refractivity contribution is 6.03. The van der Waals surface area contributed by atoms with E-state index in [9.17, 15) is 4.79 Å². The van der Waals surface area contributed by atoms with Crippen LogP contribution in [0.25, 0.3) is 0 Å². The Labute approximate surface area is 177 Å². The van der Waals surface area contributed by atoms with E-state index in [1.54, 1.807) is 0 Å². The van der Waals surface area contributed by atoms with Gasteiger partial charge in [0.05, 0.1) is 0 Å². The van der Waals surface area contributed by atoms with Gasteiger partial charge in [-0.3, -0.25) is 14.5 Å². The lowest BCUT2D eigenvalue weighted by molar-refractivity contribution is -0.287. The molecule has 3 aromatic carbocycles. The zero-order valence-corrected chi connectivity index (χ0v) is 17.4. The second-order valence-electron chi connectivity index (χ2n) is 8.67. The topological polar surface area (TPSA) is 32.8 Å². The number of amides is 1. The second kappa shape index (κ2) is 7.08. The molecule has 1 amide bonds. The number of carbonyl (C=O) groups is 1. The average Bonchev–Trinajstić information content (AvgIpc) is 3.09. The maximum absolute atomic E-state index is 14.4. The van der Waals surface area contributed by atoms with Crippen molar-refractivity contribution < 1.29 is 9.63 Å². The van der Waals surface area contributed by atoms with Crippen LogP contribution in [0.15, 0.2) is 91.0 Å². The lowest BCUT2D eigenvalue weighted by Gasteiger charge is -2.51. The normalized spacial score (nSPS) is 22.7. The van der Waals surface area contributed by atoms with Gasteiger partial charge < -0.3 is 0 Å². The van der Waals surface area contributed by atoms with Gasteiger partial charge in [0.15, 0.2) is 0 Å². The van der Waals surface area contributed by atoms with Crippen LogP contribution in [-0.2, 0) is 15.2 Å². The van der Waals surface area contributed by atoms with Crippen molar-refractivity contribution in [2.45, 2.75) is 44.0 Å². The van der Waals surface area contributed by atoms with Crippen molar-refractivity contribution in [1.29, 1.82) is 0 Å². The summed E-state index contributed by atoms with van der Waals surface area (Å²) in [7, 11) is 0. The number of hydrogen-bond donors (Lipinski definition) is 0. The molecule has 0 aliphatic carbocycles. The summed E-state index contributed by atoms with van der Waals surface area (Å²) in [6.45, 7) is 4.37. The minimum atomic E-state index is -1.24. The quantitative estimate of drug-likeness (QED) is 0.615. The molecule has 2 saturated heterocycles. The van der Waals surface area contributed by atoms with Crippen LogP contribution in [-0.4, -0.2) is 22.7 Å². The largest absolute Gasteiger partial charge is 0.291 e. The first-order valence-corrected chi connectivity index (χ1v) is 10.5. The van der Waals surface area contributed by atoms with E-state index in [2.05, 4.69) is 18.9 Å². The van der Waals surface area contributed by atoms with Crippen molar-refractivity contribution in [2.75, 3.05) is 4.90 Å². The highest BCUT2D eigenvalue weighted by Gasteiger charge is 2.59. The summed E-state index contributed by atoms with van der Waals surface area (Å²) >= 11 is 0. The molecule has 3 aromatic rings. The van der Waals surface area contributed by atoms with Gasteiger partial charge in [-0.15, -0.1) is 0 Å². The molecule has 0 aromatic heterocycles. The summed E-state index contributed by atoms with van der Waals surface area (Å²) in [5.74, 6) is -0.0509. The van der Waals surface area contributed by atoms with E-state index in [1.165, 1.54) is 0 Å². The zero-order valence-electron chi connectivity index (χ0n) is 17.4. The maximum Gasteiger partial charge on any atom is 0.272 e. The standard InChI is InChI=1S/C26H26N2O2/c1-25(2)19-18-23-27(22-16-10-5-11-17-22)24(29)26(30-28(23)25,20-12-6-3-7-13-20)21-14-8-4-9-15-21/h3-17,23H,18-19H2,1-2H3/t23-/m1/s1. The molecule has 152 valence electrons. The van der Waals surface area contributed by atoms with E-state index in [-0.39, 0.29) is 17.6 Å². The lowest BCUT2D eigenvalue weighted by Crippen LogP contribution is -2.66. The van der Waals surface area contributed by atoms with Crippen LogP contribution in [0.2, 0.25) is 0 Å². The van der Waals surface area contributed by atoms with Gasteiger partial charge in [0.2, 0.25) is 5.60 Å². The monoisotopic (exact) mass is 398 g/mol. The number of fused-ring (bicyclic) bond motifs is 1. The first kappa shape index (κ1) is 19.0. The van der Waals surface area contributed by atoms with E-state index < -0.39 is 5.60 Å². The second-order valence-corrected chi connectivity index (χ2v) is 8.67. The molecule has 0 unspecified atom stereocenters. The number of anilines is 1. The van der Waals surface area contributed by atoms with Crippen LogP contribution in [0.5, 0.6) is 0 Å². The molecule has 0 saturated carbocycles. The molecule has 0 bridgehead atoms. The molecule has 0 radical (unpaired) electrons. The van der Waals surface area contributed by atoms with E-state index in [4.69, 9.17) is 4.84 Å². The van der Waals surface area contributed by atoms with Gasteiger partial charge in [-0.2, -0.15) is 5.06 Å². The number of hydroxylamine groups is 2. The molecule has 1 atom stereocenters. The summed E-state index contributed by atoms with van der Waals surface area (Å²) in [6.07, 6.45) is 1.69. The van der Waals surface area contributed by atoms with Crippen molar-refractivity contribution in [3.05, 3.63) is 102 Å². The van der Waals surface area contributed by atoms with Gasteiger partial charge in [-0.05, 0) is 49.9 Å². The Morgan fingerprint density at radius 1 is 0.800 bits per heavy atom. The highest BCUT2D eigenvalue weighted by Crippen LogP contribution is 2.49. The third-order valence-electron chi connectivity index (χ3n) is 6.33. The fourth-order valence-electron chi connectivity index (χ4n) is 4.77. The Balaban J connectivity index is 1.77. The molecular formula is C26H26N2O2. The van der Waals surface area contributed by atoms with E-state index in [1.807, 2.05) is 95.9 Å². The smallest absolute Gasteiger partial charge is 0.272 e. The maximum atomic E-state index is 14.4. The molecule has 2 heterocycles. The van der Waals surface area contributed by atoms with Gasteiger partial charge in [-0.25, -0.2) is 0 Å². The predicted octanol–water partition coefficient (Wildman–Crippen LogP) is 5.11. The predicted molar refractivity (Wildman–Crippen MR) is 118 cm³/mol. The fraction of sp³-hybridized carbons (Fsp3) is 0.269. The summed E-state index contributed by atoms with van der Waals surface area (Å²) in [4.78, 5) is 23.1. The minimum Gasteiger partial charge on any atom is -0.291 e. The number of rotatable bonds is 3. The molecular weight excluding hydrogens is 372 g/mol. The third kappa shape index (κ3) is 2.79. The van der Waals surface area contributed by atoms with Crippen LogP contribution in [0.1, 0.15) is 37.8 Å². The van der Waals surface area contributed by atoms with Crippen LogP contribution in [0, 0.1) is 0 Å². The Morgan fingerprint density at radius 3 is 1.83 bits per heavy atom. The van der Waals surface area contributed by atoms with Crippen LogP contribution < -0.4 is 4.90 Å². The van der Waals surface area contributed by atoms with Gasteiger partial charge >= 0.3 is 0 Å². The van der Waals surface area contributed by atoms with Crippen molar-refractivity contribution in [2.24, 2.45) is 0 Å². The van der Waals surface area contributed by atoms with Gasteiger partial charge in [-0.1, -0.05) is 78.9 Å². The molecule has 4 heteroatoms. The molecule has 4 nitrogen and oxygen atoms in total. The molecule has 0 spiro atoms. The molecule has 2 fully saturated rings. The summed E-state index contributed by atoms with van der Waals surface area (Å²) < 4.78 is 0. The molecule has 0 N–H and O–H groups in total. The van der Waals surface area contributed by atoms with Crippen molar-refractivity contribution in [3.8, 4) is 0 Å². The Kier molecular flexibility index (Phi) is 4.49. The molecule has 5 rings (SSSR count). The fourth-order valence-corrected chi connectivity index (χ4v) is 4.77. The molecule has 2 aliphatic rings. The Bertz CT molecular complexity index is 995. The lowest BCUT2D eigenvalue weighted by atomic mass is 9.84. The van der Waals surface area contributed by atoms with Crippen molar-refractivity contribution >= 4 is 11.6 Å². The van der Waals surface area contributed by atoms with Crippen molar-refractivity contribution in [1.82, 2.24) is 5.06 Å². The van der Waals surface area contributed by atoms with Gasteiger partial charge in [0, 0.05) is 11.2 Å². The SMILES string of the molecule is CC1(C)CC[C@@H]2N(c3ccccc3)C(=O)C(c3ccccc3)(c3ccccc3)ON21. The zero-order chi connectivity index (χ0) is 20.8. The van der Waals surface area contributed by atoms with E-state index in [0.29, 0.717) is 0 Å². The number of carbonyl (C=O) groups excluding carboxylic acids is 1. The third-order valence-corrected chi connectivity index (χ3v) is 6.33. The Morgan fingerprint density at radius 2 is 1.30 bits per heavy atom. The first-order valence-electron chi connectivity index (χ1n) is 10.5. The number of benzene rings is 3. The molecule has 30 heavy (non-hydrogen) atoms. The average molecular weight is 399 g/mol.